The number of hydrogen-bond acceptors (Lipinski definition) is 2. The lowest BCUT2D eigenvalue weighted by Crippen LogP contribution is -2.22. The van der Waals surface area contributed by atoms with E-state index in [1.807, 2.05) is 0 Å². The maximum atomic E-state index is 13.9. The van der Waals surface area contributed by atoms with Crippen LogP contribution in [-0.4, -0.2) is 6.11 Å². The van der Waals surface area contributed by atoms with E-state index in [0.717, 1.165) is 19.1 Å². The van der Waals surface area contributed by atoms with Crippen LogP contribution in [0, 0.1) is 5.82 Å². The van der Waals surface area contributed by atoms with Crippen LogP contribution in [0.4, 0.5) is 43.9 Å². The van der Waals surface area contributed by atoms with Gasteiger partial charge in [0.2, 0.25) is 0 Å². The molecule has 0 radical (unpaired) electrons. The highest BCUT2D eigenvalue weighted by atomic mass is 19.3. The zero-order chi connectivity index (χ0) is 22.4. The molecule has 1 aromatic rings. The molecule has 12 heteroatoms. The number of ether oxygens (including phenoxy) is 2. The fourth-order valence-corrected chi connectivity index (χ4v) is 1.64. The smallest absolute Gasteiger partial charge is 0.437 e. The molecule has 0 atom stereocenters. The Hall–Kier alpha value is -2.92. The highest BCUT2D eigenvalue weighted by molar-refractivity contribution is 5.29. The number of halogens is 10. The third-order valence-electron chi connectivity index (χ3n) is 2.96. The topological polar surface area (TPSA) is 18.5 Å². The first kappa shape index (κ1) is 24.1. The fourth-order valence-electron chi connectivity index (χ4n) is 1.64. The molecule has 0 bridgehead atoms. The minimum Gasteiger partial charge on any atom is -0.437 e. The van der Waals surface area contributed by atoms with Gasteiger partial charge in [-0.25, -0.2) is 13.2 Å². The van der Waals surface area contributed by atoms with Crippen molar-refractivity contribution in [2.24, 2.45) is 0 Å². The van der Waals surface area contributed by atoms with Gasteiger partial charge in [0, 0.05) is 6.08 Å². The van der Waals surface area contributed by atoms with Crippen LogP contribution < -0.4 is 0 Å². The maximum absolute atomic E-state index is 13.9. The lowest BCUT2D eigenvalue weighted by molar-refractivity contribution is -0.216. The molecular formula is C17H10F10O2. The second-order valence-corrected chi connectivity index (χ2v) is 4.92. The first-order valence-electron chi connectivity index (χ1n) is 7.30. The minimum absolute atomic E-state index is 0.156. The van der Waals surface area contributed by atoms with Crippen LogP contribution >= 0.6 is 0 Å². The summed E-state index contributed by atoms with van der Waals surface area (Å²) in [4.78, 5) is 0. The van der Waals surface area contributed by atoms with Gasteiger partial charge in [0.1, 0.15) is 5.82 Å². The summed E-state index contributed by atoms with van der Waals surface area (Å²) in [6.45, 7) is 0.846. The Kier molecular flexibility index (Phi) is 7.92. The van der Waals surface area contributed by atoms with Crippen molar-refractivity contribution in [3.8, 4) is 0 Å². The van der Waals surface area contributed by atoms with Crippen molar-refractivity contribution in [1.82, 2.24) is 0 Å². The normalized spacial score (nSPS) is 14.0. The summed E-state index contributed by atoms with van der Waals surface area (Å²) in [6.07, 6.45) is -13.3. The molecule has 0 saturated carbocycles. The van der Waals surface area contributed by atoms with Gasteiger partial charge in [0.05, 0.1) is 11.8 Å². The van der Waals surface area contributed by atoms with Gasteiger partial charge in [0.25, 0.3) is 5.83 Å². The van der Waals surface area contributed by atoms with Crippen LogP contribution in [0.5, 0.6) is 0 Å². The van der Waals surface area contributed by atoms with Crippen LogP contribution in [0.15, 0.2) is 72.0 Å². The Balaban J connectivity index is 3.17. The molecule has 0 unspecified atom stereocenters. The lowest BCUT2D eigenvalue weighted by atomic mass is 10.2. The first-order valence-corrected chi connectivity index (χ1v) is 7.30. The Morgan fingerprint density at radius 3 is 2.07 bits per heavy atom. The number of benzene rings is 1. The predicted molar refractivity (Wildman–Crippen MR) is 79.9 cm³/mol. The lowest BCUT2D eigenvalue weighted by Gasteiger charge is -2.17. The van der Waals surface area contributed by atoms with Gasteiger partial charge in [-0.1, -0.05) is 12.1 Å². The predicted octanol–water partition coefficient (Wildman–Crippen LogP) is 7.15. The van der Waals surface area contributed by atoms with Gasteiger partial charge in [-0.3, -0.25) is 0 Å². The van der Waals surface area contributed by atoms with Gasteiger partial charge in [0.15, 0.2) is 17.4 Å². The van der Waals surface area contributed by atoms with E-state index in [1.165, 1.54) is 0 Å². The number of rotatable bonds is 8. The molecule has 1 aromatic carbocycles. The molecule has 0 heterocycles. The first-order chi connectivity index (χ1) is 13.3. The zero-order valence-electron chi connectivity index (χ0n) is 14.1. The van der Waals surface area contributed by atoms with Crippen LogP contribution in [-0.2, 0) is 15.6 Å². The van der Waals surface area contributed by atoms with Crippen molar-refractivity contribution in [3.05, 3.63) is 83.4 Å². The van der Waals surface area contributed by atoms with Gasteiger partial charge in [-0.2, -0.15) is 30.7 Å². The maximum Gasteiger partial charge on any atom is 0.459 e. The van der Waals surface area contributed by atoms with Gasteiger partial charge >= 0.3 is 18.3 Å². The average Bonchev–Trinajstić information content (AvgIpc) is 2.64. The van der Waals surface area contributed by atoms with Crippen molar-refractivity contribution >= 4 is 0 Å². The van der Waals surface area contributed by atoms with Crippen LogP contribution in [0.25, 0.3) is 0 Å². The molecule has 2 nitrogen and oxygen atoms in total. The van der Waals surface area contributed by atoms with Crippen molar-refractivity contribution in [3.63, 3.8) is 0 Å². The Morgan fingerprint density at radius 2 is 1.55 bits per heavy atom. The second-order valence-electron chi connectivity index (χ2n) is 4.92. The molecule has 1 rings (SSSR count). The Morgan fingerprint density at radius 1 is 0.966 bits per heavy atom. The van der Waals surface area contributed by atoms with Gasteiger partial charge in [-0.15, -0.1) is 0 Å². The van der Waals surface area contributed by atoms with E-state index in [0.29, 0.717) is 18.2 Å². The second kappa shape index (κ2) is 9.52. The summed E-state index contributed by atoms with van der Waals surface area (Å²) in [6, 6.07) is 3.41. The van der Waals surface area contributed by atoms with E-state index in [9.17, 15) is 43.9 Å². The zero-order valence-corrected chi connectivity index (χ0v) is 14.1. The van der Waals surface area contributed by atoms with E-state index in [1.54, 1.807) is 0 Å². The quantitative estimate of drug-likeness (QED) is 0.245. The average molecular weight is 436 g/mol. The van der Waals surface area contributed by atoms with E-state index >= 15 is 0 Å². The van der Waals surface area contributed by atoms with Crippen molar-refractivity contribution in [2.75, 3.05) is 0 Å². The summed E-state index contributed by atoms with van der Waals surface area (Å²) in [5.74, 6) is -10.9. The highest BCUT2D eigenvalue weighted by Crippen LogP contribution is 2.36. The van der Waals surface area contributed by atoms with Crippen molar-refractivity contribution in [2.45, 2.75) is 19.1 Å². The number of alkyl halides is 4. The number of hydrogen-bond donors (Lipinski definition) is 0. The summed E-state index contributed by atoms with van der Waals surface area (Å²) in [5, 5.41) is 0. The Bertz CT molecular complexity index is 852. The molecule has 0 spiro atoms. The Labute approximate surface area is 157 Å². The molecule has 0 aliphatic carbocycles. The molecule has 0 fully saturated rings. The molecule has 0 N–H and O–H groups in total. The van der Waals surface area contributed by atoms with Crippen LogP contribution in [0.2, 0.25) is 0 Å². The molecule has 0 saturated heterocycles. The highest BCUT2D eigenvalue weighted by Gasteiger charge is 2.44. The van der Waals surface area contributed by atoms with Gasteiger partial charge in [-0.05, 0) is 25.1 Å². The third kappa shape index (κ3) is 6.29. The molecule has 160 valence electrons. The fraction of sp³-hybridized carbons (Fsp3) is 0.176. The van der Waals surface area contributed by atoms with Crippen molar-refractivity contribution < 1.29 is 53.4 Å². The summed E-state index contributed by atoms with van der Waals surface area (Å²) < 4.78 is 138. The van der Waals surface area contributed by atoms with E-state index < -0.39 is 52.9 Å². The summed E-state index contributed by atoms with van der Waals surface area (Å²) in [5.41, 5.74) is -1.26. The standard InChI is InChI=1S/C17H10F10O2/c1-2-10(18)13(29-17(26,27)14(21)15(22)23)12(20)7-8-28-16(24,25)9-5-3-4-6-11(9)19/h2-8H,1H3/b8-7+,10-2+,13-12-. The van der Waals surface area contributed by atoms with E-state index in [2.05, 4.69) is 9.47 Å². The van der Waals surface area contributed by atoms with Crippen molar-refractivity contribution in [1.29, 1.82) is 0 Å². The molecule has 0 aromatic heterocycles. The summed E-state index contributed by atoms with van der Waals surface area (Å²) in [7, 11) is 0. The SMILES string of the molecule is C\C=C(F)/C(OC(F)(F)C(F)=C(F)F)=C(F)\C=C\OC(F)(F)c1ccccc1F. The van der Waals surface area contributed by atoms with Crippen LogP contribution in [0.1, 0.15) is 12.5 Å². The molecule has 0 aliphatic rings. The summed E-state index contributed by atoms with van der Waals surface area (Å²) >= 11 is 0. The largest absolute Gasteiger partial charge is 0.459 e. The molecule has 0 amide bonds. The molecule has 29 heavy (non-hydrogen) atoms. The molecular weight excluding hydrogens is 426 g/mol. The number of allylic oxidation sites excluding steroid dienone is 4. The minimum atomic E-state index is -5.47. The van der Waals surface area contributed by atoms with Crippen LogP contribution in [0.3, 0.4) is 0 Å². The van der Waals surface area contributed by atoms with E-state index in [-0.39, 0.29) is 12.3 Å². The molecule has 0 aliphatic heterocycles. The van der Waals surface area contributed by atoms with Gasteiger partial charge < -0.3 is 9.47 Å². The monoisotopic (exact) mass is 436 g/mol. The van der Waals surface area contributed by atoms with E-state index in [4.69, 9.17) is 0 Å². The third-order valence-corrected chi connectivity index (χ3v) is 2.96.